The van der Waals surface area contributed by atoms with Crippen LogP contribution in [0, 0.1) is 0 Å². The minimum Gasteiger partial charge on any atom is -0.208 e. The van der Waals surface area contributed by atoms with E-state index in [-0.39, 0.29) is 5.41 Å². The van der Waals surface area contributed by atoms with Crippen LogP contribution >= 0.6 is 0 Å². The van der Waals surface area contributed by atoms with Crippen LogP contribution in [-0.4, -0.2) is 15.0 Å². The topological polar surface area (TPSA) is 38.7 Å². The molecule has 0 bridgehead atoms. The van der Waals surface area contributed by atoms with E-state index in [1.807, 2.05) is 18.2 Å². The second-order valence-corrected chi connectivity index (χ2v) is 12.4. The first-order valence-corrected chi connectivity index (χ1v) is 15.7. The third-order valence-electron chi connectivity index (χ3n) is 9.15. The van der Waals surface area contributed by atoms with Crippen LogP contribution in [-0.2, 0) is 5.41 Å². The summed E-state index contributed by atoms with van der Waals surface area (Å²) in [6.07, 6.45) is 8.57. The smallest absolute Gasteiger partial charge is 0.164 e. The lowest BCUT2D eigenvalue weighted by Crippen LogP contribution is -2.14. The maximum Gasteiger partial charge on any atom is 0.164 e. The van der Waals surface area contributed by atoms with E-state index in [0.717, 1.165) is 40.7 Å². The number of fused-ring (bicyclic) bond motifs is 3. The molecule has 8 rings (SSSR count). The van der Waals surface area contributed by atoms with Gasteiger partial charge < -0.3 is 0 Å². The Balaban J connectivity index is 1.17. The number of allylic oxidation sites excluding steroid dienone is 4. The van der Waals surface area contributed by atoms with Gasteiger partial charge in [-0.05, 0) is 75.5 Å². The highest BCUT2D eigenvalue weighted by Gasteiger charge is 2.35. The predicted octanol–water partition coefficient (Wildman–Crippen LogP) is 10.6. The molecule has 0 spiro atoms. The summed E-state index contributed by atoms with van der Waals surface area (Å²) in [5, 5.41) is 0. The minimum atomic E-state index is -0.0284. The van der Waals surface area contributed by atoms with Crippen LogP contribution in [0.3, 0.4) is 0 Å². The van der Waals surface area contributed by atoms with E-state index in [4.69, 9.17) is 15.0 Å². The fourth-order valence-electron chi connectivity index (χ4n) is 6.73. The van der Waals surface area contributed by atoms with Gasteiger partial charge in [-0.15, -0.1) is 0 Å². The molecule has 216 valence electrons. The minimum absolute atomic E-state index is 0.0284. The van der Waals surface area contributed by atoms with Crippen molar-refractivity contribution < 1.29 is 0 Å². The van der Waals surface area contributed by atoms with Gasteiger partial charge in [-0.25, -0.2) is 15.0 Å². The zero-order chi connectivity index (χ0) is 30.4. The summed E-state index contributed by atoms with van der Waals surface area (Å²) < 4.78 is 0. The van der Waals surface area contributed by atoms with Crippen LogP contribution < -0.4 is 0 Å². The van der Waals surface area contributed by atoms with Gasteiger partial charge in [-0.3, -0.25) is 0 Å². The standard InChI is InChI=1S/C42H33N3/c1-42(2)37-22-10-9-21-35(37)36-24-23-33(27-38(36)42)31-18-11-17-30(25-31)32-19-12-20-34(26-32)41-44-39(28-13-5-3-6-14-28)43-40(45-41)29-15-7-4-8-16-29/h3,5-7,9-27H,4,8H2,1-2H3. The summed E-state index contributed by atoms with van der Waals surface area (Å²) in [4.78, 5) is 14.8. The molecule has 5 aromatic carbocycles. The molecule has 0 radical (unpaired) electrons. The summed E-state index contributed by atoms with van der Waals surface area (Å²) >= 11 is 0. The summed E-state index contributed by atoms with van der Waals surface area (Å²) in [6.45, 7) is 4.67. The first kappa shape index (κ1) is 27.2. The number of rotatable bonds is 5. The lowest BCUT2D eigenvalue weighted by Gasteiger charge is -2.22. The van der Waals surface area contributed by atoms with Crippen molar-refractivity contribution in [2.24, 2.45) is 0 Å². The molecule has 2 aliphatic rings. The van der Waals surface area contributed by atoms with Crippen LogP contribution in [0.1, 0.15) is 43.6 Å². The van der Waals surface area contributed by atoms with Crippen LogP contribution in [0.25, 0.3) is 61.7 Å². The van der Waals surface area contributed by atoms with Gasteiger partial charge in [0.05, 0.1) is 0 Å². The molecule has 0 amide bonds. The molecule has 3 heteroatoms. The monoisotopic (exact) mass is 579 g/mol. The van der Waals surface area contributed by atoms with Gasteiger partial charge in [-0.2, -0.15) is 0 Å². The fourth-order valence-corrected chi connectivity index (χ4v) is 6.73. The molecule has 2 aliphatic carbocycles. The maximum absolute atomic E-state index is 4.97. The molecule has 0 aliphatic heterocycles. The van der Waals surface area contributed by atoms with E-state index < -0.39 is 0 Å². The Morgan fingerprint density at radius 1 is 0.467 bits per heavy atom. The van der Waals surface area contributed by atoms with Gasteiger partial charge in [0.25, 0.3) is 0 Å². The predicted molar refractivity (Wildman–Crippen MR) is 185 cm³/mol. The average Bonchev–Trinajstić information content (AvgIpc) is 3.34. The van der Waals surface area contributed by atoms with Crippen molar-refractivity contribution >= 4 is 5.57 Å². The summed E-state index contributed by atoms with van der Waals surface area (Å²) in [5.74, 6) is 2.07. The largest absolute Gasteiger partial charge is 0.208 e. The molecular formula is C42H33N3. The van der Waals surface area contributed by atoms with Crippen LogP contribution in [0.4, 0.5) is 0 Å². The second kappa shape index (κ2) is 10.9. The van der Waals surface area contributed by atoms with Gasteiger partial charge in [0, 0.05) is 22.1 Å². The second-order valence-electron chi connectivity index (χ2n) is 12.4. The average molecular weight is 580 g/mol. The normalized spacial score (nSPS) is 14.5. The van der Waals surface area contributed by atoms with Gasteiger partial charge >= 0.3 is 0 Å². The number of aromatic nitrogens is 3. The number of benzene rings is 5. The summed E-state index contributed by atoms with van der Waals surface area (Å²) in [5.41, 5.74) is 13.2. The number of hydrogen-bond donors (Lipinski definition) is 0. The van der Waals surface area contributed by atoms with Gasteiger partial charge in [0.15, 0.2) is 17.5 Å². The summed E-state index contributed by atoms with van der Waals surface area (Å²) in [6, 6.07) is 43.3. The Bertz CT molecular complexity index is 2140. The Hall–Kier alpha value is -5.41. The Labute approximate surface area is 264 Å². The SMILES string of the molecule is CC1(C)c2ccccc2-c2ccc(-c3cccc(-c4cccc(-c5nc(C6=CCCC=C6)nc(-c6ccccc6)n5)c4)c3)cc21. The van der Waals surface area contributed by atoms with Gasteiger partial charge in [0.2, 0.25) is 0 Å². The third-order valence-corrected chi connectivity index (χ3v) is 9.15. The van der Waals surface area contributed by atoms with Crippen molar-refractivity contribution in [2.75, 3.05) is 0 Å². The fraction of sp³-hybridized carbons (Fsp3) is 0.119. The van der Waals surface area contributed by atoms with E-state index in [1.54, 1.807) is 0 Å². The van der Waals surface area contributed by atoms with E-state index in [0.29, 0.717) is 17.5 Å². The Kier molecular flexibility index (Phi) is 6.60. The van der Waals surface area contributed by atoms with Crippen molar-refractivity contribution in [3.05, 3.63) is 157 Å². The molecule has 6 aromatic rings. The Morgan fingerprint density at radius 3 is 1.78 bits per heavy atom. The molecule has 1 heterocycles. The molecule has 1 aromatic heterocycles. The zero-order valence-corrected chi connectivity index (χ0v) is 25.5. The molecule has 0 unspecified atom stereocenters. The van der Waals surface area contributed by atoms with Crippen molar-refractivity contribution in [2.45, 2.75) is 32.1 Å². The first-order chi connectivity index (χ1) is 22.0. The molecule has 0 saturated carbocycles. The van der Waals surface area contributed by atoms with E-state index in [1.165, 1.54) is 33.4 Å². The third kappa shape index (κ3) is 4.91. The van der Waals surface area contributed by atoms with Crippen molar-refractivity contribution in [3.63, 3.8) is 0 Å². The van der Waals surface area contributed by atoms with Crippen molar-refractivity contribution in [1.29, 1.82) is 0 Å². The molecule has 45 heavy (non-hydrogen) atoms. The molecule has 0 atom stereocenters. The quantitative estimate of drug-likeness (QED) is 0.204. The van der Waals surface area contributed by atoms with Crippen molar-refractivity contribution in [1.82, 2.24) is 15.0 Å². The molecular weight excluding hydrogens is 546 g/mol. The van der Waals surface area contributed by atoms with Crippen LogP contribution in [0.15, 0.2) is 140 Å². The Morgan fingerprint density at radius 2 is 1.04 bits per heavy atom. The van der Waals surface area contributed by atoms with Gasteiger partial charge in [0.1, 0.15) is 0 Å². The lowest BCUT2D eigenvalue weighted by molar-refractivity contribution is 0.660. The molecule has 0 saturated heterocycles. The number of nitrogens with zero attached hydrogens (tertiary/aromatic N) is 3. The highest BCUT2D eigenvalue weighted by atomic mass is 15.0. The van der Waals surface area contributed by atoms with E-state index in [9.17, 15) is 0 Å². The molecule has 3 nitrogen and oxygen atoms in total. The van der Waals surface area contributed by atoms with E-state index in [2.05, 4.69) is 135 Å². The first-order valence-electron chi connectivity index (χ1n) is 15.7. The van der Waals surface area contributed by atoms with E-state index >= 15 is 0 Å². The molecule has 0 fully saturated rings. The molecule has 0 N–H and O–H groups in total. The maximum atomic E-state index is 4.97. The highest BCUT2D eigenvalue weighted by molar-refractivity contribution is 5.84. The van der Waals surface area contributed by atoms with Crippen LogP contribution in [0.2, 0.25) is 0 Å². The zero-order valence-electron chi connectivity index (χ0n) is 25.5. The van der Waals surface area contributed by atoms with Crippen molar-refractivity contribution in [3.8, 4) is 56.2 Å². The lowest BCUT2D eigenvalue weighted by atomic mass is 9.81. The summed E-state index contributed by atoms with van der Waals surface area (Å²) in [7, 11) is 0. The number of hydrogen-bond acceptors (Lipinski definition) is 3. The van der Waals surface area contributed by atoms with Gasteiger partial charge in [-0.1, -0.05) is 135 Å². The van der Waals surface area contributed by atoms with Crippen LogP contribution in [0.5, 0.6) is 0 Å². The highest BCUT2D eigenvalue weighted by Crippen LogP contribution is 2.49.